The van der Waals surface area contributed by atoms with Crippen molar-refractivity contribution in [1.29, 1.82) is 0 Å². The maximum absolute atomic E-state index is 12.5. The second kappa shape index (κ2) is 5.85. The summed E-state index contributed by atoms with van der Waals surface area (Å²) in [6.07, 6.45) is 3.01. The van der Waals surface area contributed by atoms with Gasteiger partial charge in [0.2, 0.25) is 0 Å². The highest BCUT2D eigenvalue weighted by Gasteiger charge is 2.32. The second-order valence-electron chi connectivity index (χ2n) is 5.15. The van der Waals surface area contributed by atoms with Gasteiger partial charge < -0.3 is 10.0 Å². The lowest BCUT2D eigenvalue weighted by molar-refractivity contribution is -0.143. The van der Waals surface area contributed by atoms with Crippen LogP contribution in [0.5, 0.6) is 0 Å². The number of benzene rings is 1. The van der Waals surface area contributed by atoms with Crippen LogP contribution >= 0.6 is 0 Å². The number of nitrogens with zero attached hydrogens (tertiary/aromatic N) is 1. The Bertz CT molecular complexity index is 668. The molecule has 1 aromatic carbocycles. The third-order valence-corrected chi connectivity index (χ3v) is 4.67. The minimum Gasteiger partial charge on any atom is -0.480 e. The van der Waals surface area contributed by atoms with Gasteiger partial charge in [0.1, 0.15) is 6.04 Å². The Morgan fingerprint density at radius 2 is 2.00 bits per heavy atom. The molecule has 1 unspecified atom stereocenters. The van der Waals surface area contributed by atoms with E-state index in [0.29, 0.717) is 13.0 Å². The van der Waals surface area contributed by atoms with E-state index < -0.39 is 27.8 Å². The smallest absolute Gasteiger partial charge is 0.326 e. The summed E-state index contributed by atoms with van der Waals surface area (Å²) in [5.41, 5.74) is 0.200. The minimum absolute atomic E-state index is 0.0530. The molecule has 0 aromatic heterocycles. The number of likely N-dealkylation sites (tertiary alicyclic amines) is 1. The van der Waals surface area contributed by atoms with E-state index in [1.54, 1.807) is 0 Å². The SMILES string of the molecule is CS(=O)(=O)c1cccc(C(=O)N2CCCCC2C(=O)O)c1. The molecule has 1 saturated heterocycles. The average molecular weight is 311 g/mol. The molecule has 114 valence electrons. The van der Waals surface area contributed by atoms with E-state index in [1.807, 2.05) is 0 Å². The predicted molar refractivity (Wildman–Crippen MR) is 75.9 cm³/mol. The number of hydrogen-bond acceptors (Lipinski definition) is 4. The van der Waals surface area contributed by atoms with Crippen molar-refractivity contribution in [3.05, 3.63) is 29.8 Å². The number of carbonyl (C=O) groups excluding carboxylic acids is 1. The van der Waals surface area contributed by atoms with Crippen LogP contribution < -0.4 is 0 Å². The molecule has 1 atom stereocenters. The van der Waals surface area contributed by atoms with Crippen molar-refractivity contribution < 1.29 is 23.1 Å². The van der Waals surface area contributed by atoms with Crippen LogP contribution in [-0.2, 0) is 14.6 Å². The highest BCUT2D eigenvalue weighted by Crippen LogP contribution is 2.21. The fourth-order valence-corrected chi connectivity index (χ4v) is 3.12. The maximum Gasteiger partial charge on any atom is 0.326 e. The van der Waals surface area contributed by atoms with E-state index in [2.05, 4.69) is 0 Å². The number of carbonyl (C=O) groups is 2. The summed E-state index contributed by atoms with van der Waals surface area (Å²) in [7, 11) is -3.41. The van der Waals surface area contributed by atoms with Crippen molar-refractivity contribution in [1.82, 2.24) is 4.90 Å². The lowest BCUT2D eigenvalue weighted by Crippen LogP contribution is -2.48. The van der Waals surface area contributed by atoms with Crippen LogP contribution in [0.4, 0.5) is 0 Å². The normalized spacial score (nSPS) is 19.3. The minimum atomic E-state index is -3.41. The van der Waals surface area contributed by atoms with Crippen LogP contribution in [0.1, 0.15) is 29.6 Å². The summed E-state index contributed by atoms with van der Waals surface area (Å²) in [5.74, 6) is -1.46. The van der Waals surface area contributed by atoms with Crippen molar-refractivity contribution in [3.63, 3.8) is 0 Å². The third kappa shape index (κ3) is 3.41. The molecule has 1 N–H and O–H groups in total. The van der Waals surface area contributed by atoms with Gasteiger partial charge in [0.05, 0.1) is 4.90 Å². The van der Waals surface area contributed by atoms with Crippen LogP contribution in [0, 0.1) is 0 Å². The van der Waals surface area contributed by atoms with Gasteiger partial charge in [-0.05, 0) is 37.5 Å². The molecule has 1 fully saturated rings. The van der Waals surface area contributed by atoms with E-state index in [0.717, 1.165) is 19.1 Å². The van der Waals surface area contributed by atoms with Crippen molar-refractivity contribution >= 4 is 21.7 Å². The van der Waals surface area contributed by atoms with Gasteiger partial charge in [-0.3, -0.25) is 4.79 Å². The number of rotatable bonds is 3. The van der Waals surface area contributed by atoms with Gasteiger partial charge in [-0.1, -0.05) is 6.07 Å². The Morgan fingerprint density at radius 1 is 1.29 bits per heavy atom. The van der Waals surface area contributed by atoms with E-state index in [9.17, 15) is 23.1 Å². The molecule has 6 nitrogen and oxygen atoms in total. The van der Waals surface area contributed by atoms with Crippen LogP contribution in [-0.4, -0.2) is 49.1 Å². The van der Waals surface area contributed by atoms with Crippen molar-refractivity contribution in [2.24, 2.45) is 0 Å². The highest BCUT2D eigenvalue weighted by atomic mass is 32.2. The molecule has 0 radical (unpaired) electrons. The van der Waals surface area contributed by atoms with Crippen LogP contribution in [0.25, 0.3) is 0 Å². The number of piperidine rings is 1. The van der Waals surface area contributed by atoms with Crippen LogP contribution in [0.2, 0.25) is 0 Å². The predicted octanol–water partition coefficient (Wildman–Crippen LogP) is 1.17. The van der Waals surface area contributed by atoms with Crippen LogP contribution in [0.15, 0.2) is 29.2 Å². The molecule has 0 aliphatic carbocycles. The largest absolute Gasteiger partial charge is 0.480 e. The van der Waals surface area contributed by atoms with E-state index in [4.69, 9.17) is 0 Å². The Morgan fingerprint density at radius 3 is 2.62 bits per heavy atom. The zero-order valence-corrected chi connectivity index (χ0v) is 12.5. The Balaban J connectivity index is 2.33. The fraction of sp³-hybridized carbons (Fsp3) is 0.429. The quantitative estimate of drug-likeness (QED) is 0.904. The second-order valence-corrected chi connectivity index (χ2v) is 7.16. The molecule has 1 aromatic rings. The molecule has 1 amide bonds. The molecule has 7 heteroatoms. The molecule has 2 rings (SSSR count). The molecule has 0 spiro atoms. The van der Waals surface area contributed by atoms with Crippen molar-refractivity contribution in [2.45, 2.75) is 30.2 Å². The van der Waals surface area contributed by atoms with Gasteiger partial charge in [-0.2, -0.15) is 0 Å². The molecule has 1 aliphatic heterocycles. The number of carboxylic acids is 1. The Hall–Kier alpha value is -1.89. The first kappa shape index (κ1) is 15.5. The molecule has 21 heavy (non-hydrogen) atoms. The van der Waals surface area contributed by atoms with Crippen molar-refractivity contribution in [3.8, 4) is 0 Å². The monoisotopic (exact) mass is 311 g/mol. The maximum atomic E-state index is 12.5. The van der Waals surface area contributed by atoms with E-state index >= 15 is 0 Å². The number of hydrogen-bond donors (Lipinski definition) is 1. The molecule has 0 saturated carbocycles. The summed E-state index contributed by atoms with van der Waals surface area (Å²) < 4.78 is 23.1. The van der Waals surface area contributed by atoms with Gasteiger partial charge in [0, 0.05) is 18.4 Å². The number of carboxylic acid groups (broad SMARTS) is 1. The third-order valence-electron chi connectivity index (χ3n) is 3.56. The molecule has 1 heterocycles. The summed E-state index contributed by atoms with van der Waals surface area (Å²) in [5, 5.41) is 9.20. The number of amides is 1. The summed E-state index contributed by atoms with van der Waals surface area (Å²) >= 11 is 0. The first-order chi connectivity index (χ1) is 9.80. The number of aliphatic carboxylic acids is 1. The van der Waals surface area contributed by atoms with Gasteiger partial charge in [-0.25, -0.2) is 13.2 Å². The molecule has 0 bridgehead atoms. The van der Waals surface area contributed by atoms with Gasteiger partial charge in [0.15, 0.2) is 9.84 Å². The first-order valence-electron chi connectivity index (χ1n) is 6.64. The first-order valence-corrected chi connectivity index (χ1v) is 8.54. The summed E-state index contributed by atoms with van der Waals surface area (Å²) in [4.78, 5) is 25.1. The lowest BCUT2D eigenvalue weighted by Gasteiger charge is -2.33. The van der Waals surface area contributed by atoms with Crippen LogP contribution in [0.3, 0.4) is 0 Å². The molecular formula is C14H17NO5S. The van der Waals surface area contributed by atoms with Gasteiger partial charge in [-0.15, -0.1) is 0 Å². The van der Waals surface area contributed by atoms with Gasteiger partial charge in [0.25, 0.3) is 5.91 Å². The van der Waals surface area contributed by atoms with E-state index in [-0.39, 0.29) is 10.5 Å². The molecular weight excluding hydrogens is 294 g/mol. The van der Waals surface area contributed by atoms with E-state index in [1.165, 1.54) is 29.2 Å². The molecule has 1 aliphatic rings. The lowest BCUT2D eigenvalue weighted by atomic mass is 10.0. The van der Waals surface area contributed by atoms with Crippen molar-refractivity contribution in [2.75, 3.05) is 12.8 Å². The summed E-state index contributed by atoms with van der Waals surface area (Å²) in [6, 6.07) is 4.86. The zero-order chi connectivity index (χ0) is 15.6. The number of sulfone groups is 1. The highest BCUT2D eigenvalue weighted by molar-refractivity contribution is 7.90. The Labute approximate surface area is 123 Å². The fourth-order valence-electron chi connectivity index (χ4n) is 2.46. The standard InChI is InChI=1S/C14H17NO5S/c1-21(19,20)11-6-4-5-10(9-11)13(16)15-8-3-2-7-12(15)14(17)18/h4-6,9,12H,2-3,7-8H2,1H3,(H,17,18). The summed E-state index contributed by atoms with van der Waals surface area (Å²) in [6.45, 7) is 0.374. The average Bonchev–Trinajstić information content (AvgIpc) is 2.45. The van der Waals surface area contributed by atoms with Gasteiger partial charge >= 0.3 is 5.97 Å². The zero-order valence-electron chi connectivity index (χ0n) is 11.7. The Kier molecular flexibility index (Phi) is 4.32. The topological polar surface area (TPSA) is 91.8 Å².